The maximum atomic E-state index is 14.8. The molecule has 0 amide bonds. The van der Waals surface area contributed by atoms with E-state index in [4.69, 9.17) is 9.47 Å². The molecule has 0 heterocycles. The topological polar surface area (TPSA) is 42.0 Å². The molecule has 0 fully saturated rings. The van der Waals surface area contributed by atoms with Crippen molar-refractivity contribution in [1.82, 2.24) is 9.80 Å². The molecule has 4 aromatic carbocycles. The van der Waals surface area contributed by atoms with E-state index in [1.54, 1.807) is 0 Å². The second-order valence-corrected chi connectivity index (χ2v) is 10.6. The van der Waals surface area contributed by atoms with Gasteiger partial charge in [-0.1, -0.05) is 113 Å². The molecule has 4 aromatic rings. The summed E-state index contributed by atoms with van der Waals surface area (Å²) in [6.45, 7) is 15.6. The Morgan fingerprint density at radius 2 is 0.907 bits per heavy atom. The van der Waals surface area contributed by atoms with E-state index in [2.05, 4.69) is 37.5 Å². The fraction of sp³-hybridized carbons (Fsp3) is 0.342. The van der Waals surface area contributed by atoms with E-state index >= 15 is 0 Å². The van der Waals surface area contributed by atoms with Crippen LogP contribution < -0.4 is 9.47 Å². The summed E-state index contributed by atoms with van der Waals surface area (Å²) in [5.41, 5.74) is 2.28. The average molecular weight is 579 g/mol. The summed E-state index contributed by atoms with van der Waals surface area (Å²) in [6.07, 6.45) is 0. The zero-order valence-electron chi connectivity index (χ0n) is 26.2. The average Bonchev–Trinajstić information content (AvgIpc) is 3.07. The van der Waals surface area contributed by atoms with Gasteiger partial charge in [-0.2, -0.15) is 0 Å². The van der Waals surface area contributed by atoms with Crippen molar-refractivity contribution < 1.29 is 14.3 Å². The van der Waals surface area contributed by atoms with Gasteiger partial charge >= 0.3 is 0 Å². The first-order valence-corrected chi connectivity index (χ1v) is 15.6. The van der Waals surface area contributed by atoms with Crippen molar-refractivity contribution in [3.63, 3.8) is 0 Å². The summed E-state index contributed by atoms with van der Waals surface area (Å²) < 4.78 is 12.2. The van der Waals surface area contributed by atoms with Crippen molar-refractivity contribution in [3.8, 4) is 11.5 Å². The molecule has 0 unspecified atom stereocenters. The van der Waals surface area contributed by atoms with Crippen LogP contribution in [0.2, 0.25) is 0 Å². The molecule has 5 nitrogen and oxygen atoms in total. The zero-order valence-corrected chi connectivity index (χ0v) is 26.2. The third-order valence-electron chi connectivity index (χ3n) is 8.30. The monoisotopic (exact) mass is 578 g/mol. The van der Waals surface area contributed by atoms with Crippen molar-refractivity contribution in [2.75, 3.05) is 52.5 Å². The Morgan fingerprint density at radius 1 is 0.535 bits per heavy atom. The second kappa shape index (κ2) is 16.1. The number of carbonyl (C=O) groups is 1. The van der Waals surface area contributed by atoms with Crippen LogP contribution >= 0.6 is 0 Å². The highest BCUT2D eigenvalue weighted by atomic mass is 16.5. The minimum absolute atomic E-state index is 0.0182. The van der Waals surface area contributed by atoms with Gasteiger partial charge in [0.2, 0.25) is 0 Å². The van der Waals surface area contributed by atoms with E-state index < -0.39 is 5.41 Å². The van der Waals surface area contributed by atoms with Gasteiger partial charge in [0.05, 0.1) is 0 Å². The van der Waals surface area contributed by atoms with Crippen molar-refractivity contribution in [1.29, 1.82) is 0 Å². The maximum Gasteiger partial charge on any atom is 0.182 e. The van der Waals surface area contributed by atoms with Crippen LogP contribution in [0, 0.1) is 0 Å². The highest BCUT2D eigenvalue weighted by Gasteiger charge is 2.44. The van der Waals surface area contributed by atoms with Gasteiger partial charge in [-0.3, -0.25) is 4.79 Å². The number of benzene rings is 4. The van der Waals surface area contributed by atoms with Crippen LogP contribution in [0.3, 0.4) is 0 Å². The molecule has 0 aliphatic carbocycles. The Morgan fingerprint density at radius 3 is 1.30 bits per heavy atom. The van der Waals surface area contributed by atoms with E-state index in [0.29, 0.717) is 18.8 Å². The molecule has 43 heavy (non-hydrogen) atoms. The third-order valence-corrected chi connectivity index (χ3v) is 8.30. The van der Waals surface area contributed by atoms with Gasteiger partial charge in [-0.15, -0.1) is 0 Å². The highest BCUT2D eigenvalue weighted by Crippen LogP contribution is 2.43. The normalized spacial score (nSPS) is 11.6. The molecule has 0 atom stereocenters. The number of hydrogen-bond acceptors (Lipinski definition) is 5. The van der Waals surface area contributed by atoms with Gasteiger partial charge in [0.1, 0.15) is 30.1 Å². The number of rotatable bonds is 17. The Balaban J connectivity index is 1.74. The van der Waals surface area contributed by atoms with E-state index in [-0.39, 0.29) is 5.78 Å². The highest BCUT2D eigenvalue weighted by molar-refractivity contribution is 6.09. The third kappa shape index (κ3) is 7.73. The molecule has 0 saturated heterocycles. The van der Waals surface area contributed by atoms with Crippen LogP contribution in [0.5, 0.6) is 11.5 Å². The lowest BCUT2D eigenvalue weighted by Crippen LogP contribution is -2.38. The summed E-state index contributed by atoms with van der Waals surface area (Å²) in [5.74, 6) is 1.61. The van der Waals surface area contributed by atoms with Gasteiger partial charge in [-0.25, -0.2) is 0 Å². The van der Waals surface area contributed by atoms with Crippen molar-refractivity contribution >= 4 is 5.78 Å². The molecular weight excluding hydrogens is 532 g/mol. The summed E-state index contributed by atoms with van der Waals surface area (Å²) in [7, 11) is 0. The van der Waals surface area contributed by atoms with Crippen LogP contribution in [0.1, 0.15) is 54.7 Å². The minimum atomic E-state index is -1.07. The number of ketones is 1. The molecule has 0 spiro atoms. The van der Waals surface area contributed by atoms with Crippen LogP contribution in [0.15, 0.2) is 109 Å². The molecule has 0 bridgehead atoms. The molecule has 0 aromatic heterocycles. The fourth-order valence-electron chi connectivity index (χ4n) is 5.65. The van der Waals surface area contributed by atoms with Gasteiger partial charge < -0.3 is 19.3 Å². The molecule has 5 heteroatoms. The van der Waals surface area contributed by atoms with Gasteiger partial charge in [-0.05, 0) is 67.1 Å². The second-order valence-electron chi connectivity index (χ2n) is 10.6. The molecule has 0 saturated carbocycles. The Hall–Kier alpha value is -3.93. The first-order chi connectivity index (χ1) is 21.1. The van der Waals surface area contributed by atoms with Crippen molar-refractivity contribution in [3.05, 3.63) is 131 Å². The number of ether oxygens (including phenoxy) is 2. The van der Waals surface area contributed by atoms with E-state index in [9.17, 15) is 4.79 Å². The summed E-state index contributed by atoms with van der Waals surface area (Å²) >= 11 is 0. The van der Waals surface area contributed by atoms with Gasteiger partial charge in [0, 0.05) is 18.7 Å². The zero-order chi connectivity index (χ0) is 30.5. The SMILES string of the molecule is CCN(CC)CCOc1ccc(C(C(=O)c2ccccc2)(c2ccccc2)c2ccc(OCCN(CC)CC)cc2)cc1. The van der Waals surface area contributed by atoms with Crippen LogP contribution in [0.4, 0.5) is 0 Å². The number of hydrogen-bond donors (Lipinski definition) is 0. The lowest BCUT2D eigenvalue weighted by Gasteiger charge is -2.35. The molecule has 0 aliphatic heterocycles. The predicted octanol–water partition coefficient (Wildman–Crippen LogP) is 7.35. The van der Waals surface area contributed by atoms with E-state index in [1.165, 1.54) is 0 Å². The number of Topliss-reactive ketones (excluding diaryl/α,β-unsaturated/α-hetero) is 1. The fourth-order valence-corrected chi connectivity index (χ4v) is 5.65. The molecule has 0 N–H and O–H groups in total. The smallest absolute Gasteiger partial charge is 0.182 e. The van der Waals surface area contributed by atoms with Crippen LogP contribution in [0.25, 0.3) is 0 Å². The van der Waals surface area contributed by atoms with Gasteiger partial charge in [0.25, 0.3) is 0 Å². The summed E-state index contributed by atoms with van der Waals surface area (Å²) in [4.78, 5) is 19.5. The van der Waals surface area contributed by atoms with Gasteiger partial charge in [0.15, 0.2) is 5.78 Å². The van der Waals surface area contributed by atoms with E-state index in [1.807, 2.05) is 109 Å². The maximum absolute atomic E-state index is 14.8. The molecular formula is C38H46N2O3. The molecule has 0 radical (unpaired) electrons. The number of nitrogens with zero attached hydrogens (tertiary/aromatic N) is 2. The van der Waals surface area contributed by atoms with Crippen LogP contribution in [-0.4, -0.2) is 68.1 Å². The Bertz CT molecular complexity index is 1300. The predicted molar refractivity (Wildman–Crippen MR) is 177 cm³/mol. The van der Waals surface area contributed by atoms with Crippen molar-refractivity contribution in [2.45, 2.75) is 33.1 Å². The molecule has 226 valence electrons. The number of carbonyl (C=O) groups excluding carboxylic acids is 1. The lowest BCUT2D eigenvalue weighted by molar-refractivity contribution is 0.0935. The minimum Gasteiger partial charge on any atom is -0.492 e. The van der Waals surface area contributed by atoms with Crippen LogP contribution in [-0.2, 0) is 5.41 Å². The van der Waals surface area contributed by atoms with E-state index in [0.717, 1.165) is 67.5 Å². The molecule has 4 rings (SSSR count). The quantitative estimate of drug-likeness (QED) is 0.0968. The largest absolute Gasteiger partial charge is 0.492 e. The standard InChI is InChI=1S/C38H46N2O3/c1-5-39(6-2)27-29-42-35-23-19-33(20-24-35)38(32-17-13-10-14-18-32,37(41)31-15-11-9-12-16-31)34-21-25-36(26-22-34)43-30-28-40(7-3)8-4/h9-26H,5-8,27-30H2,1-4H3. The summed E-state index contributed by atoms with van der Waals surface area (Å²) in [6, 6.07) is 35.7. The van der Waals surface area contributed by atoms with Crippen molar-refractivity contribution in [2.24, 2.45) is 0 Å². The number of likely N-dealkylation sites (N-methyl/N-ethyl adjacent to an activating group) is 2. The lowest BCUT2D eigenvalue weighted by atomic mass is 9.65. The first-order valence-electron chi connectivity index (χ1n) is 15.6. The Labute approximate surface area is 258 Å². The summed E-state index contributed by atoms with van der Waals surface area (Å²) in [5, 5.41) is 0. The molecule has 0 aliphatic rings. The Kier molecular flexibility index (Phi) is 12.0. The first kappa shape index (κ1) is 32.0.